The second kappa shape index (κ2) is 8.88. The van der Waals surface area contributed by atoms with Crippen molar-refractivity contribution in [3.63, 3.8) is 0 Å². The zero-order valence-corrected chi connectivity index (χ0v) is 18.5. The summed E-state index contributed by atoms with van der Waals surface area (Å²) in [5.74, 6) is 0.171. The SMILES string of the molecule is O=C(CN1C(=O)S/C(=C\c2ccc(-c3ccccc3)o2)C1=O)Nc1ccc(I)cc1. The summed E-state index contributed by atoms with van der Waals surface area (Å²) in [7, 11) is 0. The van der Waals surface area contributed by atoms with Crippen LogP contribution in [0.15, 0.2) is 76.1 Å². The summed E-state index contributed by atoms with van der Waals surface area (Å²) in [4.78, 5) is 38.3. The van der Waals surface area contributed by atoms with Crippen molar-refractivity contribution in [2.45, 2.75) is 0 Å². The van der Waals surface area contributed by atoms with Crippen LogP contribution in [0.25, 0.3) is 17.4 Å². The van der Waals surface area contributed by atoms with E-state index in [2.05, 4.69) is 27.9 Å². The molecule has 8 heteroatoms. The fourth-order valence-corrected chi connectivity index (χ4v) is 4.01. The van der Waals surface area contributed by atoms with E-state index in [1.165, 1.54) is 6.08 Å². The summed E-state index contributed by atoms with van der Waals surface area (Å²) in [6, 6.07) is 20.3. The molecule has 3 amide bonds. The number of anilines is 1. The van der Waals surface area contributed by atoms with Crippen LogP contribution in [0.2, 0.25) is 0 Å². The molecule has 1 aliphatic rings. The van der Waals surface area contributed by atoms with E-state index in [9.17, 15) is 14.4 Å². The third-order valence-corrected chi connectivity index (χ3v) is 5.89. The molecule has 2 heterocycles. The first kappa shape index (κ1) is 20.4. The van der Waals surface area contributed by atoms with E-state index in [0.29, 0.717) is 17.2 Å². The van der Waals surface area contributed by atoms with Crippen molar-refractivity contribution in [3.05, 3.63) is 81.0 Å². The lowest BCUT2D eigenvalue weighted by Gasteiger charge is -2.12. The van der Waals surface area contributed by atoms with Gasteiger partial charge < -0.3 is 9.73 Å². The number of carbonyl (C=O) groups is 3. The largest absolute Gasteiger partial charge is 0.457 e. The molecule has 4 rings (SSSR count). The highest BCUT2D eigenvalue weighted by atomic mass is 127. The van der Waals surface area contributed by atoms with Crippen LogP contribution in [0.1, 0.15) is 5.76 Å². The first-order valence-electron chi connectivity index (χ1n) is 8.95. The highest BCUT2D eigenvalue weighted by Crippen LogP contribution is 2.33. The lowest BCUT2D eigenvalue weighted by molar-refractivity contribution is -0.127. The van der Waals surface area contributed by atoms with E-state index >= 15 is 0 Å². The molecule has 1 N–H and O–H groups in total. The molecule has 0 bridgehead atoms. The van der Waals surface area contributed by atoms with E-state index in [0.717, 1.165) is 25.8 Å². The number of benzene rings is 2. The lowest BCUT2D eigenvalue weighted by Crippen LogP contribution is -2.36. The molecule has 0 spiro atoms. The Morgan fingerprint density at radius 2 is 1.77 bits per heavy atom. The van der Waals surface area contributed by atoms with E-state index < -0.39 is 17.1 Å². The van der Waals surface area contributed by atoms with Crippen LogP contribution >= 0.6 is 34.4 Å². The van der Waals surface area contributed by atoms with Gasteiger partial charge in [0.15, 0.2) is 0 Å². The highest BCUT2D eigenvalue weighted by molar-refractivity contribution is 14.1. The molecular formula is C22H15IN2O4S. The molecule has 6 nitrogen and oxygen atoms in total. The zero-order valence-electron chi connectivity index (χ0n) is 15.5. The summed E-state index contributed by atoms with van der Waals surface area (Å²) in [6.45, 7) is -0.346. The summed E-state index contributed by atoms with van der Waals surface area (Å²) in [5, 5.41) is 2.20. The van der Waals surface area contributed by atoms with Crippen molar-refractivity contribution < 1.29 is 18.8 Å². The highest BCUT2D eigenvalue weighted by Gasteiger charge is 2.36. The molecule has 1 aliphatic heterocycles. The standard InChI is InChI=1S/C22H15IN2O4S/c23-15-6-8-16(9-7-15)24-20(26)13-25-21(27)19(30-22(25)28)12-17-10-11-18(29-17)14-4-2-1-3-5-14/h1-12H,13H2,(H,24,26)/b19-12-. The molecular weight excluding hydrogens is 515 g/mol. The Kier molecular flexibility index (Phi) is 6.05. The molecule has 150 valence electrons. The summed E-state index contributed by atoms with van der Waals surface area (Å²) < 4.78 is 6.81. The monoisotopic (exact) mass is 530 g/mol. The third-order valence-electron chi connectivity index (χ3n) is 4.26. The van der Waals surface area contributed by atoms with Crippen molar-refractivity contribution in [2.24, 2.45) is 0 Å². The van der Waals surface area contributed by atoms with Gasteiger partial charge in [-0.3, -0.25) is 19.3 Å². The number of carbonyl (C=O) groups excluding carboxylic acids is 3. The number of furan rings is 1. The van der Waals surface area contributed by atoms with Crippen molar-refractivity contribution in [3.8, 4) is 11.3 Å². The number of hydrogen-bond acceptors (Lipinski definition) is 5. The van der Waals surface area contributed by atoms with Crippen LogP contribution in [-0.4, -0.2) is 28.5 Å². The van der Waals surface area contributed by atoms with Gasteiger partial charge in [-0.15, -0.1) is 0 Å². The van der Waals surface area contributed by atoms with E-state index in [1.807, 2.05) is 42.5 Å². The van der Waals surface area contributed by atoms with Gasteiger partial charge in [0.25, 0.3) is 11.1 Å². The third kappa shape index (κ3) is 4.65. The summed E-state index contributed by atoms with van der Waals surface area (Å²) >= 11 is 2.95. The van der Waals surface area contributed by atoms with E-state index in [4.69, 9.17) is 4.42 Å². The average Bonchev–Trinajstić information content (AvgIpc) is 3.31. The Labute approximate surface area is 190 Å². The molecule has 0 aliphatic carbocycles. The van der Waals surface area contributed by atoms with Gasteiger partial charge >= 0.3 is 0 Å². The van der Waals surface area contributed by atoms with E-state index in [-0.39, 0.29) is 11.4 Å². The molecule has 1 fully saturated rings. The predicted octanol–water partition coefficient (Wildman–Crippen LogP) is 5.23. The molecule has 0 unspecified atom stereocenters. The fourth-order valence-electron chi connectivity index (χ4n) is 2.83. The van der Waals surface area contributed by atoms with Crippen molar-refractivity contribution in [2.75, 3.05) is 11.9 Å². The van der Waals surface area contributed by atoms with Gasteiger partial charge in [-0.05, 0) is 70.8 Å². The van der Waals surface area contributed by atoms with Crippen LogP contribution < -0.4 is 5.32 Å². The molecule has 30 heavy (non-hydrogen) atoms. The number of rotatable bonds is 5. The van der Waals surface area contributed by atoms with Crippen molar-refractivity contribution in [1.82, 2.24) is 4.90 Å². The van der Waals surface area contributed by atoms with Crippen molar-refractivity contribution in [1.29, 1.82) is 0 Å². The maximum atomic E-state index is 12.6. The Hall–Kier alpha value is -2.85. The van der Waals surface area contributed by atoms with Crippen LogP contribution in [0.5, 0.6) is 0 Å². The topological polar surface area (TPSA) is 79.6 Å². The number of nitrogens with zero attached hydrogens (tertiary/aromatic N) is 1. The van der Waals surface area contributed by atoms with Crippen LogP contribution in [0.3, 0.4) is 0 Å². The minimum absolute atomic E-state index is 0.219. The maximum absolute atomic E-state index is 12.6. The van der Waals surface area contributed by atoms with Crippen LogP contribution in [0, 0.1) is 3.57 Å². The Morgan fingerprint density at radius 3 is 2.50 bits per heavy atom. The summed E-state index contributed by atoms with van der Waals surface area (Å²) in [5.41, 5.74) is 1.52. The molecule has 3 aromatic rings. The van der Waals surface area contributed by atoms with Gasteiger partial charge in [0.1, 0.15) is 18.1 Å². The van der Waals surface area contributed by atoms with Gasteiger partial charge in [0.05, 0.1) is 4.91 Å². The Bertz CT molecular complexity index is 1140. The number of hydrogen-bond donors (Lipinski definition) is 1. The van der Waals surface area contributed by atoms with E-state index in [1.54, 1.807) is 24.3 Å². The number of imide groups is 1. The fraction of sp³-hybridized carbons (Fsp3) is 0.0455. The van der Waals surface area contributed by atoms with Gasteiger partial charge in [-0.1, -0.05) is 30.3 Å². The molecule has 0 radical (unpaired) electrons. The smallest absolute Gasteiger partial charge is 0.294 e. The van der Waals surface area contributed by atoms with Gasteiger partial charge in [-0.25, -0.2) is 0 Å². The Balaban J connectivity index is 1.44. The normalized spacial score (nSPS) is 15.1. The number of halogens is 1. The number of amides is 3. The molecule has 1 aromatic heterocycles. The number of nitrogens with one attached hydrogen (secondary N) is 1. The number of thioether (sulfide) groups is 1. The minimum Gasteiger partial charge on any atom is -0.457 e. The lowest BCUT2D eigenvalue weighted by atomic mass is 10.2. The molecule has 0 atom stereocenters. The van der Waals surface area contributed by atoms with Gasteiger partial charge in [0.2, 0.25) is 5.91 Å². The van der Waals surface area contributed by atoms with Gasteiger partial charge in [0, 0.05) is 20.9 Å². The average molecular weight is 530 g/mol. The first-order valence-corrected chi connectivity index (χ1v) is 10.9. The van der Waals surface area contributed by atoms with Crippen LogP contribution in [-0.2, 0) is 9.59 Å². The quantitative estimate of drug-likeness (QED) is 0.361. The molecule has 2 aromatic carbocycles. The predicted molar refractivity (Wildman–Crippen MR) is 125 cm³/mol. The maximum Gasteiger partial charge on any atom is 0.294 e. The first-order chi connectivity index (χ1) is 14.5. The van der Waals surface area contributed by atoms with Crippen LogP contribution in [0.4, 0.5) is 10.5 Å². The molecule has 1 saturated heterocycles. The summed E-state index contributed by atoms with van der Waals surface area (Å²) in [6.07, 6.45) is 1.52. The minimum atomic E-state index is -0.513. The second-order valence-electron chi connectivity index (χ2n) is 6.39. The Morgan fingerprint density at radius 1 is 1.03 bits per heavy atom. The van der Waals surface area contributed by atoms with Crippen molar-refractivity contribution >= 4 is 63.2 Å². The zero-order chi connectivity index (χ0) is 21.1. The van der Waals surface area contributed by atoms with Gasteiger partial charge in [-0.2, -0.15) is 0 Å². The molecule has 0 saturated carbocycles. The second-order valence-corrected chi connectivity index (χ2v) is 8.63.